The van der Waals surface area contributed by atoms with E-state index >= 15 is 0 Å². The zero-order valence-corrected chi connectivity index (χ0v) is 12.6. The van der Waals surface area contributed by atoms with Gasteiger partial charge in [-0.3, -0.25) is 4.79 Å². The van der Waals surface area contributed by atoms with E-state index in [1.54, 1.807) is 0 Å². The van der Waals surface area contributed by atoms with Crippen LogP contribution in [0.2, 0.25) is 0 Å². The van der Waals surface area contributed by atoms with Crippen molar-refractivity contribution in [2.75, 3.05) is 6.54 Å². The molecule has 0 fully saturated rings. The Hall–Kier alpha value is -2.55. The number of hydrogen-bond acceptors (Lipinski definition) is 1. The number of carbonyl (C=O) groups excluding carboxylic acids is 1. The zero-order valence-electron chi connectivity index (χ0n) is 12.6. The number of amides is 1. The third-order valence-electron chi connectivity index (χ3n) is 3.75. The van der Waals surface area contributed by atoms with Gasteiger partial charge in [-0.05, 0) is 36.1 Å². The first-order valence-electron chi connectivity index (χ1n) is 7.43. The van der Waals surface area contributed by atoms with Gasteiger partial charge in [0, 0.05) is 29.2 Å². The molecule has 0 aliphatic carbocycles. The number of benzene rings is 2. The summed E-state index contributed by atoms with van der Waals surface area (Å²) in [5, 5.41) is 4.22. The number of hydrogen-bond donors (Lipinski definition) is 2. The Balaban J connectivity index is 1.59. The minimum Gasteiger partial charge on any atom is -0.361 e. The van der Waals surface area contributed by atoms with Gasteiger partial charge in [0.05, 0.1) is 0 Å². The summed E-state index contributed by atoms with van der Waals surface area (Å²) < 4.78 is 0. The van der Waals surface area contributed by atoms with Gasteiger partial charge in [0.25, 0.3) is 5.91 Å². The van der Waals surface area contributed by atoms with E-state index in [-0.39, 0.29) is 5.91 Å². The molecule has 0 atom stereocenters. The van der Waals surface area contributed by atoms with Crippen molar-refractivity contribution in [1.82, 2.24) is 10.3 Å². The largest absolute Gasteiger partial charge is 0.361 e. The van der Waals surface area contributed by atoms with E-state index < -0.39 is 0 Å². The van der Waals surface area contributed by atoms with Gasteiger partial charge >= 0.3 is 0 Å². The number of carbonyl (C=O) groups is 1. The van der Waals surface area contributed by atoms with E-state index in [4.69, 9.17) is 0 Å². The van der Waals surface area contributed by atoms with Crippen LogP contribution in [0.15, 0.2) is 60.8 Å². The van der Waals surface area contributed by atoms with Crippen molar-refractivity contribution in [2.45, 2.75) is 13.3 Å². The maximum Gasteiger partial charge on any atom is 0.251 e. The third-order valence-corrected chi connectivity index (χ3v) is 3.75. The van der Waals surface area contributed by atoms with Crippen molar-refractivity contribution in [3.05, 3.63) is 77.8 Å². The quantitative estimate of drug-likeness (QED) is 0.739. The molecule has 111 valence electrons. The first kappa shape index (κ1) is 14.4. The Morgan fingerprint density at radius 1 is 1.05 bits per heavy atom. The molecular weight excluding hydrogens is 272 g/mol. The molecule has 0 saturated heterocycles. The number of nitrogens with one attached hydrogen (secondary N) is 2. The Labute approximate surface area is 130 Å². The van der Waals surface area contributed by atoms with Crippen molar-refractivity contribution in [2.24, 2.45) is 0 Å². The van der Waals surface area contributed by atoms with Crippen LogP contribution in [0.4, 0.5) is 0 Å². The molecule has 1 aromatic heterocycles. The second-order valence-electron chi connectivity index (χ2n) is 5.54. The summed E-state index contributed by atoms with van der Waals surface area (Å²) in [6.07, 6.45) is 2.91. The predicted molar refractivity (Wildman–Crippen MR) is 89.7 cm³/mol. The molecule has 0 aliphatic heterocycles. The summed E-state index contributed by atoms with van der Waals surface area (Å²) in [4.78, 5) is 15.3. The highest BCUT2D eigenvalue weighted by Crippen LogP contribution is 2.21. The highest BCUT2D eigenvalue weighted by atomic mass is 16.1. The van der Waals surface area contributed by atoms with Gasteiger partial charge in [-0.2, -0.15) is 0 Å². The Morgan fingerprint density at radius 2 is 1.77 bits per heavy atom. The average molecular weight is 291 g/mol. The molecule has 0 bridgehead atoms. The summed E-state index contributed by atoms with van der Waals surface area (Å²) in [6.45, 7) is 2.67. The fourth-order valence-electron chi connectivity index (χ4n) is 2.59. The lowest BCUT2D eigenvalue weighted by Crippen LogP contribution is -2.28. The molecule has 0 unspecified atom stereocenters. The van der Waals surface area contributed by atoms with Crippen LogP contribution in [-0.2, 0) is 6.42 Å². The van der Waals surface area contributed by atoms with Crippen molar-refractivity contribution in [3.63, 3.8) is 0 Å². The minimum atomic E-state index is -0.0288. The molecule has 0 spiro atoms. The van der Waals surface area contributed by atoms with Crippen LogP contribution >= 0.6 is 0 Å². The molecule has 0 aliphatic rings. The van der Waals surface area contributed by atoms with Gasteiger partial charge in [0.1, 0.15) is 0 Å². The van der Waals surface area contributed by atoms with E-state index in [0.29, 0.717) is 12.1 Å². The number of fused-ring (bicyclic) bond motifs is 1. The molecule has 2 N–H and O–H groups in total. The Bertz CT molecular complexity index is 761. The Morgan fingerprint density at radius 3 is 2.59 bits per heavy atom. The van der Waals surface area contributed by atoms with Crippen LogP contribution in [0, 0.1) is 5.92 Å². The van der Waals surface area contributed by atoms with Gasteiger partial charge in [0.15, 0.2) is 0 Å². The first-order valence-corrected chi connectivity index (χ1v) is 7.43. The summed E-state index contributed by atoms with van der Waals surface area (Å²) in [6, 6.07) is 17.6. The number of H-pyrrole nitrogens is 1. The van der Waals surface area contributed by atoms with Gasteiger partial charge < -0.3 is 10.3 Å². The molecule has 1 amide bonds. The predicted octanol–water partition coefficient (Wildman–Crippen LogP) is 3.73. The van der Waals surface area contributed by atoms with Crippen molar-refractivity contribution in [3.8, 4) is 0 Å². The second kappa shape index (κ2) is 6.48. The fourth-order valence-corrected chi connectivity index (χ4v) is 2.59. The first-order chi connectivity index (χ1) is 10.7. The lowest BCUT2D eigenvalue weighted by molar-refractivity contribution is 0.0955. The van der Waals surface area contributed by atoms with Crippen LogP contribution in [0.1, 0.15) is 22.8 Å². The van der Waals surface area contributed by atoms with E-state index in [1.807, 2.05) is 48.7 Å². The smallest absolute Gasteiger partial charge is 0.251 e. The van der Waals surface area contributed by atoms with E-state index in [0.717, 1.165) is 11.9 Å². The van der Waals surface area contributed by atoms with E-state index in [1.165, 1.54) is 16.9 Å². The topological polar surface area (TPSA) is 44.9 Å². The maximum absolute atomic E-state index is 12.0. The standard InChI is InChI=1S/C19H19N2O/c1-14(12-21-19(22)15-7-3-2-4-8-15)11-16-13-20-18-10-6-5-9-17(16)18/h2-10,13,20H,11-12H2,1H3,(H,21,22). The van der Waals surface area contributed by atoms with E-state index in [2.05, 4.69) is 29.4 Å². The molecular formula is C19H19N2O. The number of aromatic nitrogens is 1. The molecule has 0 saturated carbocycles. The number of rotatable bonds is 5. The molecule has 3 heteroatoms. The third kappa shape index (κ3) is 3.19. The zero-order chi connectivity index (χ0) is 15.4. The molecule has 3 nitrogen and oxygen atoms in total. The van der Waals surface area contributed by atoms with Crippen molar-refractivity contribution in [1.29, 1.82) is 0 Å². The summed E-state index contributed by atoms with van der Waals surface area (Å²) in [5.41, 5.74) is 3.11. The highest BCUT2D eigenvalue weighted by Gasteiger charge is 2.11. The van der Waals surface area contributed by atoms with Crippen LogP contribution in [-0.4, -0.2) is 17.4 Å². The molecule has 2 aromatic carbocycles. The molecule has 1 radical (unpaired) electrons. The lowest BCUT2D eigenvalue weighted by Gasteiger charge is -2.12. The lowest BCUT2D eigenvalue weighted by atomic mass is 10.0. The van der Waals surface area contributed by atoms with Gasteiger partial charge in [-0.15, -0.1) is 0 Å². The SMILES string of the molecule is C[C](CNC(=O)c1ccccc1)Cc1c[nH]c2ccccc12. The molecule has 3 rings (SSSR count). The van der Waals surface area contributed by atoms with Crippen LogP contribution < -0.4 is 5.32 Å². The summed E-state index contributed by atoms with van der Waals surface area (Å²) in [5.74, 6) is 1.20. The molecule has 1 heterocycles. The van der Waals surface area contributed by atoms with Crippen LogP contribution in [0.5, 0.6) is 0 Å². The normalized spacial score (nSPS) is 11.0. The average Bonchev–Trinajstić information content (AvgIpc) is 2.97. The minimum absolute atomic E-state index is 0.0288. The van der Waals surface area contributed by atoms with Crippen LogP contribution in [0.25, 0.3) is 10.9 Å². The highest BCUT2D eigenvalue weighted by molar-refractivity contribution is 5.94. The van der Waals surface area contributed by atoms with Crippen molar-refractivity contribution >= 4 is 16.8 Å². The van der Waals surface area contributed by atoms with Gasteiger partial charge in [0.2, 0.25) is 0 Å². The molecule has 22 heavy (non-hydrogen) atoms. The van der Waals surface area contributed by atoms with Gasteiger partial charge in [-0.25, -0.2) is 0 Å². The summed E-state index contributed by atoms with van der Waals surface area (Å²) >= 11 is 0. The van der Waals surface area contributed by atoms with E-state index in [9.17, 15) is 4.79 Å². The number of aromatic amines is 1. The van der Waals surface area contributed by atoms with Crippen molar-refractivity contribution < 1.29 is 4.79 Å². The monoisotopic (exact) mass is 291 g/mol. The maximum atomic E-state index is 12.0. The Kier molecular flexibility index (Phi) is 4.24. The summed E-state index contributed by atoms with van der Waals surface area (Å²) in [7, 11) is 0. The fraction of sp³-hybridized carbons (Fsp3) is 0.158. The second-order valence-corrected chi connectivity index (χ2v) is 5.54. The molecule has 3 aromatic rings. The van der Waals surface area contributed by atoms with Crippen LogP contribution in [0.3, 0.4) is 0 Å². The van der Waals surface area contributed by atoms with Gasteiger partial charge in [-0.1, -0.05) is 43.3 Å². The number of para-hydroxylation sites is 1.